The minimum Gasteiger partial charge on any atom is -0.480 e. The van der Waals surface area contributed by atoms with Crippen molar-refractivity contribution < 1.29 is 14.7 Å². The summed E-state index contributed by atoms with van der Waals surface area (Å²) in [6.07, 6.45) is 0. The van der Waals surface area contributed by atoms with E-state index in [1.54, 1.807) is 20.8 Å². The first-order valence-corrected chi connectivity index (χ1v) is 5.35. The van der Waals surface area contributed by atoms with Gasteiger partial charge in [0, 0.05) is 12.1 Å². The molecule has 5 nitrogen and oxygen atoms in total. The number of hydrogen-bond acceptors (Lipinski definition) is 2. The SMILES string of the molecule is CC(=CCl)CNC(=O)NC(C(=O)O)C(C)C. The topological polar surface area (TPSA) is 78.4 Å². The molecule has 0 aliphatic carbocycles. The van der Waals surface area contributed by atoms with E-state index in [9.17, 15) is 9.59 Å². The summed E-state index contributed by atoms with van der Waals surface area (Å²) >= 11 is 5.41. The summed E-state index contributed by atoms with van der Waals surface area (Å²) in [5.41, 5.74) is 2.14. The van der Waals surface area contributed by atoms with Crippen LogP contribution in [0.5, 0.6) is 0 Å². The Hall–Kier alpha value is -1.23. The van der Waals surface area contributed by atoms with Gasteiger partial charge >= 0.3 is 12.0 Å². The van der Waals surface area contributed by atoms with Crippen LogP contribution in [0.1, 0.15) is 20.8 Å². The Bertz CT molecular complexity index is 290. The van der Waals surface area contributed by atoms with Crippen LogP contribution in [0.15, 0.2) is 11.1 Å². The molecule has 0 rings (SSSR count). The summed E-state index contributed by atoms with van der Waals surface area (Å²) < 4.78 is 0. The number of carboxylic acid groups (broad SMARTS) is 1. The van der Waals surface area contributed by atoms with Crippen molar-refractivity contribution in [2.24, 2.45) is 5.92 Å². The zero-order valence-electron chi connectivity index (χ0n) is 9.58. The van der Waals surface area contributed by atoms with Gasteiger partial charge in [-0.1, -0.05) is 25.4 Å². The van der Waals surface area contributed by atoms with Gasteiger partial charge in [-0.25, -0.2) is 9.59 Å². The van der Waals surface area contributed by atoms with E-state index in [-0.39, 0.29) is 5.92 Å². The quantitative estimate of drug-likeness (QED) is 0.691. The van der Waals surface area contributed by atoms with E-state index >= 15 is 0 Å². The van der Waals surface area contributed by atoms with Crippen molar-refractivity contribution in [2.45, 2.75) is 26.8 Å². The maximum absolute atomic E-state index is 11.3. The summed E-state index contributed by atoms with van der Waals surface area (Å²) in [7, 11) is 0. The zero-order chi connectivity index (χ0) is 12.7. The van der Waals surface area contributed by atoms with Gasteiger partial charge in [0.1, 0.15) is 6.04 Å². The molecule has 0 fully saturated rings. The number of carbonyl (C=O) groups excluding carboxylic acids is 1. The van der Waals surface area contributed by atoms with Crippen LogP contribution in [0.3, 0.4) is 0 Å². The number of urea groups is 1. The number of amides is 2. The van der Waals surface area contributed by atoms with Crippen LogP contribution in [0.25, 0.3) is 0 Å². The molecule has 0 aromatic carbocycles. The number of carbonyl (C=O) groups is 2. The third kappa shape index (κ3) is 5.60. The molecule has 16 heavy (non-hydrogen) atoms. The molecule has 6 heteroatoms. The molecule has 3 N–H and O–H groups in total. The summed E-state index contributed by atoms with van der Waals surface area (Å²) in [6, 6.07) is -1.40. The summed E-state index contributed by atoms with van der Waals surface area (Å²) in [5.74, 6) is -1.22. The molecule has 0 aliphatic heterocycles. The molecular formula is C10H17ClN2O3. The van der Waals surface area contributed by atoms with E-state index in [1.807, 2.05) is 0 Å². The minimum atomic E-state index is -1.05. The Morgan fingerprint density at radius 2 is 2.00 bits per heavy atom. The van der Waals surface area contributed by atoms with Crippen LogP contribution < -0.4 is 10.6 Å². The first kappa shape index (κ1) is 14.8. The summed E-state index contributed by atoms with van der Waals surface area (Å²) in [5, 5.41) is 13.7. The van der Waals surface area contributed by atoms with Crippen molar-refractivity contribution in [3.05, 3.63) is 11.1 Å². The Morgan fingerprint density at radius 1 is 1.44 bits per heavy atom. The molecule has 0 radical (unpaired) electrons. The highest BCUT2D eigenvalue weighted by Crippen LogP contribution is 2.01. The van der Waals surface area contributed by atoms with E-state index in [0.29, 0.717) is 6.54 Å². The molecule has 0 spiro atoms. The van der Waals surface area contributed by atoms with Gasteiger partial charge in [-0.2, -0.15) is 0 Å². The molecular weight excluding hydrogens is 232 g/mol. The molecule has 0 aliphatic rings. The molecule has 2 amide bonds. The third-order valence-electron chi connectivity index (χ3n) is 1.93. The van der Waals surface area contributed by atoms with Gasteiger partial charge in [0.2, 0.25) is 0 Å². The van der Waals surface area contributed by atoms with Crippen molar-refractivity contribution in [1.29, 1.82) is 0 Å². The molecule has 92 valence electrons. The molecule has 0 saturated heterocycles. The summed E-state index contributed by atoms with van der Waals surface area (Å²) in [4.78, 5) is 22.1. The van der Waals surface area contributed by atoms with Crippen molar-refractivity contribution in [3.63, 3.8) is 0 Å². The Labute approximate surface area is 99.9 Å². The smallest absolute Gasteiger partial charge is 0.326 e. The second kappa shape index (κ2) is 7.11. The minimum absolute atomic E-state index is 0.173. The number of halogens is 1. The fourth-order valence-corrected chi connectivity index (χ4v) is 1.04. The maximum atomic E-state index is 11.3. The lowest BCUT2D eigenvalue weighted by Gasteiger charge is -2.18. The Morgan fingerprint density at radius 3 is 2.38 bits per heavy atom. The van der Waals surface area contributed by atoms with Crippen LogP contribution >= 0.6 is 11.6 Å². The van der Waals surface area contributed by atoms with Gasteiger partial charge in [-0.05, 0) is 18.4 Å². The Kier molecular flexibility index (Phi) is 6.56. The molecule has 0 saturated carbocycles. The maximum Gasteiger partial charge on any atom is 0.326 e. The zero-order valence-corrected chi connectivity index (χ0v) is 10.3. The van der Waals surface area contributed by atoms with Crippen LogP contribution in [-0.4, -0.2) is 29.7 Å². The lowest BCUT2D eigenvalue weighted by atomic mass is 10.1. The van der Waals surface area contributed by atoms with Crippen molar-refractivity contribution >= 4 is 23.6 Å². The average molecular weight is 249 g/mol. The van der Waals surface area contributed by atoms with Gasteiger partial charge in [-0.3, -0.25) is 0 Å². The number of nitrogens with one attached hydrogen (secondary N) is 2. The highest BCUT2D eigenvalue weighted by atomic mass is 35.5. The standard InChI is InChI=1S/C10H17ClN2O3/c1-6(2)8(9(14)15)13-10(16)12-5-7(3)4-11/h4,6,8H,5H2,1-3H3,(H,14,15)(H2,12,13,16). The Balaban J connectivity index is 4.16. The highest BCUT2D eigenvalue weighted by molar-refractivity contribution is 6.25. The van der Waals surface area contributed by atoms with Gasteiger partial charge in [-0.15, -0.1) is 0 Å². The van der Waals surface area contributed by atoms with E-state index in [4.69, 9.17) is 16.7 Å². The molecule has 0 bridgehead atoms. The van der Waals surface area contributed by atoms with Crippen molar-refractivity contribution in [1.82, 2.24) is 10.6 Å². The van der Waals surface area contributed by atoms with Gasteiger partial charge in [0.25, 0.3) is 0 Å². The molecule has 0 aromatic rings. The number of rotatable bonds is 5. The van der Waals surface area contributed by atoms with E-state index in [2.05, 4.69) is 10.6 Å². The predicted octanol–water partition coefficient (Wildman–Crippen LogP) is 1.54. The average Bonchev–Trinajstić information content (AvgIpc) is 2.21. The van der Waals surface area contributed by atoms with Crippen LogP contribution in [0.2, 0.25) is 0 Å². The largest absolute Gasteiger partial charge is 0.480 e. The first-order chi connectivity index (χ1) is 7.38. The first-order valence-electron chi connectivity index (χ1n) is 4.91. The van der Waals surface area contributed by atoms with Crippen LogP contribution in [0, 0.1) is 5.92 Å². The molecule has 1 unspecified atom stereocenters. The van der Waals surface area contributed by atoms with E-state index in [1.165, 1.54) is 5.54 Å². The normalized spacial score (nSPS) is 13.4. The van der Waals surface area contributed by atoms with Crippen molar-refractivity contribution in [3.8, 4) is 0 Å². The van der Waals surface area contributed by atoms with Crippen molar-refractivity contribution in [2.75, 3.05) is 6.54 Å². The lowest BCUT2D eigenvalue weighted by molar-refractivity contribution is -0.140. The fraction of sp³-hybridized carbons (Fsp3) is 0.600. The summed E-state index contributed by atoms with van der Waals surface area (Å²) in [6.45, 7) is 5.50. The van der Waals surface area contributed by atoms with Gasteiger partial charge in [0.15, 0.2) is 0 Å². The monoisotopic (exact) mass is 248 g/mol. The highest BCUT2D eigenvalue weighted by Gasteiger charge is 2.22. The van der Waals surface area contributed by atoms with Gasteiger partial charge in [0.05, 0.1) is 0 Å². The number of hydrogen-bond donors (Lipinski definition) is 3. The third-order valence-corrected chi connectivity index (χ3v) is 2.31. The number of aliphatic carboxylic acids is 1. The predicted molar refractivity (Wildman–Crippen MR) is 62.4 cm³/mol. The lowest BCUT2D eigenvalue weighted by Crippen LogP contribution is -2.48. The molecule has 0 heterocycles. The van der Waals surface area contributed by atoms with E-state index in [0.717, 1.165) is 5.57 Å². The second-order valence-electron chi connectivity index (χ2n) is 3.84. The van der Waals surface area contributed by atoms with E-state index < -0.39 is 18.0 Å². The van der Waals surface area contributed by atoms with Crippen LogP contribution in [-0.2, 0) is 4.79 Å². The fourth-order valence-electron chi connectivity index (χ4n) is 0.964. The second-order valence-corrected chi connectivity index (χ2v) is 4.06. The van der Waals surface area contributed by atoms with Gasteiger partial charge < -0.3 is 15.7 Å². The molecule has 1 atom stereocenters. The number of carboxylic acids is 1. The molecule has 0 aromatic heterocycles. The van der Waals surface area contributed by atoms with Crippen LogP contribution in [0.4, 0.5) is 4.79 Å².